The van der Waals surface area contributed by atoms with Gasteiger partial charge >= 0.3 is 7.12 Å². The smallest absolute Gasteiger partial charge is 0.399 e. The predicted molar refractivity (Wildman–Crippen MR) is 76.3 cm³/mol. The molecular formula is C15H20BNO2. The fourth-order valence-corrected chi connectivity index (χ4v) is 2.19. The van der Waals surface area contributed by atoms with E-state index in [0.29, 0.717) is 5.56 Å². The van der Waals surface area contributed by atoms with Crippen LogP contribution in [0, 0.1) is 25.2 Å². The van der Waals surface area contributed by atoms with E-state index in [9.17, 15) is 0 Å². The molecular weight excluding hydrogens is 237 g/mol. The van der Waals surface area contributed by atoms with Gasteiger partial charge in [-0.25, -0.2) is 0 Å². The van der Waals surface area contributed by atoms with Crippen LogP contribution >= 0.6 is 0 Å². The lowest BCUT2D eigenvalue weighted by Crippen LogP contribution is -2.41. The van der Waals surface area contributed by atoms with Crippen LogP contribution in [0.2, 0.25) is 0 Å². The van der Waals surface area contributed by atoms with Crippen LogP contribution < -0.4 is 5.46 Å². The second-order valence-electron chi connectivity index (χ2n) is 6.15. The predicted octanol–water partition coefficient (Wildman–Crippen LogP) is 2.47. The first-order valence-corrected chi connectivity index (χ1v) is 6.55. The zero-order valence-corrected chi connectivity index (χ0v) is 12.5. The summed E-state index contributed by atoms with van der Waals surface area (Å²) in [6.45, 7) is 12.1. The molecule has 1 aromatic rings. The summed E-state index contributed by atoms with van der Waals surface area (Å²) >= 11 is 0. The SMILES string of the molecule is Cc1c(C#N)ccc(B2OC(C)(C)C(C)(C)O2)c1C. The summed E-state index contributed by atoms with van der Waals surface area (Å²) in [7, 11) is -0.364. The highest BCUT2D eigenvalue weighted by molar-refractivity contribution is 6.62. The molecule has 0 bridgehead atoms. The van der Waals surface area contributed by atoms with Crippen molar-refractivity contribution < 1.29 is 9.31 Å². The van der Waals surface area contributed by atoms with Gasteiger partial charge in [-0.1, -0.05) is 6.07 Å². The van der Waals surface area contributed by atoms with Crippen molar-refractivity contribution in [2.45, 2.75) is 52.7 Å². The standard InChI is InChI=1S/C15H20BNO2/c1-10-11(2)13(8-7-12(10)9-17)16-18-14(3,4)15(5,6)19-16/h7-8H,1-6H3. The van der Waals surface area contributed by atoms with Crippen LogP contribution in [0.15, 0.2) is 12.1 Å². The highest BCUT2D eigenvalue weighted by atomic mass is 16.7. The summed E-state index contributed by atoms with van der Waals surface area (Å²) in [5.41, 5.74) is 3.10. The minimum absolute atomic E-state index is 0.341. The molecule has 0 spiro atoms. The van der Waals surface area contributed by atoms with Crippen LogP contribution in [0.25, 0.3) is 0 Å². The molecule has 4 heteroatoms. The van der Waals surface area contributed by atoms with Crippen molar-refractivity contribution in [3.8, 4) is 6.07 Å². The van der Waals surface area contributed by atoms with E-state index in [2.05, 4.69) is 6.07 Å². The van der Waals surface area contributed by atoms with Crippen LogP contribution in [-0.2, 0) is 9.31 Å². The Kier molecular flexibility index (Phi) is 3.24. The Hall–Kier alpha value is -1.31. The van der Waals surface area contributed by atoms with Gasteiger partial charge in [0, 0.05) is 0 Å². The Morgan fingerprint density at radius 1 is 1.00 bits per heavy atom. The number of hydrogen-bond acceptors (Lipinski definition) is 3. The lowest BCUT2D eigenvalue weighted by atomic mass is 9.74. The van der Waals surface area contributed by atoms with Crippen LogP contribution in [-0.4, -0.2) is 18.3 Å². The van der Waals surface area contributed by atoms with Crippen molar-refractivity contribution in [1.29, 1.82) is 5.26 Å². The normalized spacial score (nSPS) is 20.4. The monoisotopic (exact) mass is 257 g/mol. The highest BCUT2D eigenvalue weighted by Gasteiger charge is 2.52. The van der Waals surface area contributed by atoms with Gasteiger partial charge in [-0.2, -0.15) is 5.26 Å². The van der Waals surface area contributed by atoms with Gasteiger partial charge in [0.15, 0.2) is 0 Å². The van der Waals surface area contributed by atoms with Crippen molar-refractivity contribution >= 4 is 12.6 Å². The first-order valence-electron chi connectivity index (χ1n) is 6.55. The van der Waals surface area contributed by atoms with E-state index in [0.717, 1.165) is 16.6 Å². The molecule has 0 atom stereocenters. The summed E-state index contributed by atoms with van der Waals surface area (Å²) in [4.78, 5) is 0. The Labute approximate surface area is 115 Å². The number of nitrogens with zero attached hydrogens (tertiary/aromatic N) is 1. The average Bonchev–Trinajstić information content (AvgIpc) is 2.51. The van der Waals surface area contributed by atoms with Crippen molar-refractivity contribution in [3.63, 3.8) is 0 Å². The quantitative estimate of drug-likeness (QED) is 0.726. The van der Waals surface area contributed by atoms with E-state index >= 15 is 0 Å². The van der Waals surface area contributed by atoms with Crippen LogP contribution in [0.4, 0.5) is 0 Å². The van der Waals surface area contributed by atoms with Crippen LogP contribution in [0.5, 0.6) is 0 Å². The molecule has 19 heavy (non-hydrogen) atoms. The molecule has 0 aliphatic carbocycles. The third-order valence-corrected chi connectivity index (χ3v) is 4.46. The third-order valence-electron chi connectivity index (χ3n) is 4.46. The molecule has 0 N–H and O–H groups in total. The van der Waals surface area contributed by atoms with E-state index in [1.54, 1.807) is 0 Å². The topological polar surface area (TPSA) is 42.2 Å². The number of rotatable bonds is 1. The molecule has 1 aliphatic rings. The molecule has 1 saturated heterocycles. The zero-order chi connectivity index (χ0) is 14.4. The molecule has 0 radical (unpaired) electrons. The first kappa shape index (κ1) is 14.1. The van der Waals surface area contributed by atoms with Gasteiger partial charge in [0.2, 0.25) is 0 Å². The molecule has 1 aromatic carbocycles. The van der Waals surface area contributed by atoms with Crippen molar-refractivity contribution in [3.05, 3.63) is 28.8 Å². The molecule has 0 saturated carbocycles. The van der Waals surface area contributed by atoms with Crippen molar-refractivity contribution in [2.24, 2.45) is 0 Å². The molecule has 0 aromatic heterocycles. The van der Waals surface area contributed by atoms with Gasteiger partial charge < -0.3 is 9.31 Å². The van der Waals surface area contributed by atoms with Gasteiger partial charge in [0.25, 0.3) is 0 Å². The van der Waals surface area contributed by atoms with E-state index in [-0.39, 0.29) is 18.3 Å². The Bertz CT molecular complexity index is 542. The summed E-state index contributed by atoms with van der Waals surface area (Å²) in [6.07, 6.45) is 0. The molecule has 2 rings (SSSR count). The van der Waals surface area contributed by atoms with Gasteiger partial charge in [0.1, 0.15) is 0 Å². The second kappa shape index (κ2) is 4.36. The summed E-state index contributed by atoms with van der Waals surface area (Å²) < 4.78 is 12.1. The number of hydrogen-bond donors (Lipinski definition) is 0. The first-order chi connectivity index (χ1) is 8.69. The molecule has 1 fully saturated rings. The number of nitriles is 1. The molecule has 1 aliphatic heterocycles. The van der Waals surface area contributed by atoms with Gasteiger partial charge in [-0.3, -0.25) is 0 Å². The lowest BCUT2D eigenvalue weighted by Gasteiger charge is -2.32. The van der Waals surface area contributed by atoms with Crippen LogP contribution in [0.3, 0.4) is 0 Å². The second-order valence-corrected chi connectivity index (χ2v) is 6.15. The number of benzene rings is 1. The summed E-state index contributed by atoms with van der Waals surface area (Å²) in [5.74, 6) is 0. The minimum Gasteiger partial charge on any atom is -0.399 e. The van der Waals surface area contributed by atoms with Crippen molar-refractivity contribution in [2.75, 3.05) is 0 Å². The van der Waals surface area contributed by atoms with E-state index in [4.69, 9.17) is 14.6 Å². The van der Waals surface area contributed by atoms with E-state index < -0.39 is 0 Å². The molecule has 0 unspecified atom stereocenters. The molecule has 1 heterocycles. The fraction of sp³-hybridized carbons (Fsp3) is 0.533. The van der Waals surface area contributed by atoms with Gasteiger partial charge in [0.05, 0.1) is 22.8 Å². The largest absolute Gasteiger partial charge is 0.495 e. The molecule has 100 valence electrons. The van der Waals surface area contributed by atoms with Crippen LogP contribution in [0.1, 0.15) is 44.4 Å². The Morgan fingerprint density at radius 3 is 2.00 bits per heavy atom. The maximum Gasteiger partial charge on any atom is 0.495 e. The van der Waals surface area contributed by atoms with Gasteiger partial charge in [-0.15, -0.1) is 0 Å². The third kappa shape index (κ3) is 2.18. The Balaban J connectivity index is 2.41. The highest BCUT2D eigenvalue weighted by Crippen LogP contribution is 2.36. The maximum atomic E-state index is 9.05. The van der Waals surface area contributed by atoms with E-state index in [1.807, 2.05) is 53.7 Å². The van der Waals surface area contributed by atoms with Gasteiger partial charge in [-0.05, 0) is 64.2 Å². The fourth-order valence-electron chi connectivity index (χ4n) is 2.19. The maximum absolute atomic E-state index is 9.05. The van der Waals surface area contributed by atoms with Crippen molar-refractivity contribution in [1.82, 2.24) is 0 Å². The lowest BCUT2D eigenvalue weighted by molar-refractivity contribution is 0.00578. The summed E-state index contributed by atoms with van der Waals surface area (Å²) in [6, 6.07) is 5.97. The molecule has 3 nitrogen and oxygen atoms in total. The minimum atomic E-state index is -0.364. The molecule has 0 amide bonds. The zero-order valence-electron chi connectivity index (χ0n) is 12.5. The Morgan fingerprint density at radius 2 is 1.53 bits per heavy atom. The average molecular weight is 257 g/mol. The van der Waals surface area contributed by atoms with E-state index in [1.165, 1.54) is 0 Å². The summed E-state index contributed by atoms with van der Waals surface area (Å²) in [5, 5.41) is 9.05.